The number of anilines is 1. The molecule has 0 aliphatic rings. The highest BCUT2D eigenvalue weighted by Gasteiger charge is 2.20. The summed E-state index contributed by atoms with van der Waals surface area (Å²) in [7, 11) is 1.61. The van der Waals surface area contributed by atoms with Crippen LogP contribution < -0.4 is 10.6 Å². The van der Waals surface area contributed by atoms with Gasteiger partial charge in [0.2, 0.25) is 0 Å². The number of ether oxygens (including phenoxy) is 2. The van der Waals surface area contributed by atoms with E-state index in [9.17, 15) is 9.18 Å². The number of methoxy groups -OCH3 is 1. The van der Waals surface area contributed by atoms with Crippen molar-refractivity contribution >= 4 is 27.7 Å². The molecule has 146 valence electrons. The van der Waals surface area contributed by atoms with Crippen LogP contribution in [0.4, 0.5) is 14.9 Å². The SMILES string of the molecule is C/C=C(/CCC(CNc1cccc(Br)c1F)NC(=O)OC(C)(C)C)OC. The molecule has 1 aromatic carbocycles. The standard InChI is InChI=1S/C19H28BrFN2O3/c1-6-14(25-5)11-10-13(23-18(24)26-19(2,3)4)12-22-16-9-7-8-15(20)17(16)21/h6-9,13,22H,10-12H2,1-5H3,(H,23,24)/b14-6-. The number of nitrogens with one attached hydrogen (secondary N) is 2. The van der Waals surface area contributed by atoms with Gasteiger partial charge in [-0.1, -0.05) is 6.07 Å². The highest BCUT2D eigenvalue weighted by atomic mass is 79.9. The first kappa shape index (κ1) is 22.3. The third-order valence-electron chi connectivity index (χ3n) is 3.53. The molecule has 2 N–H and O–H groups in total. The summed E-state index contributed by atoms with van der Waals surface area (Å²) in [6, 6.07) is 4.77. The molecule has 0 aliphatic heterocycles. The zero-order valence-electron chi connectivity index (χ0n) is 16.0. The molecule has 1 rings (SSSR count). The lowest BCUT2D eigenvalue weighted by atomic mass is 10.1. The molecular weight excluding hydrogens is 403 g/mol. The van der Waals surface area contributed by atoms with Gasteiger partial charge in [0.1, 0.15) is 5.60 Å². The number of allylic oxidation sites excluding steroid dienone is 2. The van der Waals surface area contributed by atoms with Crippen LogP contribution in [0.5, 0.6) is 0 Å². The number of benzene rings is 1. The lowest BCUT2D eigenvalue weighted by molar-refractivity contribution is 0.0503. The summed E-state index contributed by atoms with van der Waals surface area (Å²) in [5, 5.41) is 5.89. The van der Waals surface area contributed by atoms with Gasteiger partial charge in [0.05, 0.1) is 23.0 Å². The molecule has 1 aromatic rings. The minimum Gasteiger partial charge on any atom is -0.501 e. The smallest absolute Gasteiger partial charge is 0.407 e. The third kappa shape index (κ3) is 8.08. The maximum Gasteiger partial charge on any atom is 0.407 e. The largest absolute Gasteiger partial charge is 0.501 e. The second-order valence-electron chi connectivity index (χ2n) is 6.82. The van der Waals surface area contributed by atoms with Crippen molar-refractivity contribution in [1.82, 2.24) is 5.32 Å². The lowest BCUT2D eigenvalue weighted by Crippen LogP contribution is -2.42. The van der Waals surface area contributed by atoms with E-state index in [1.807, 2.05) is 13.0 Å². The maximum atomic E-state index is 14.1. The van der Waals surface area contributed by atoms with E-state index in [0.717, 1.165) is 5.76 Å². The first-order chi connectivity index (χ1) is 12.2. The number of carbonyl (C=O) groups is 1. The number of halogens is 2. The number of hydrogen-bond acceptors (Lipinski definition) is 4. The van der Waals surface area contributed by atoms with Gasteiger partial charge >= 0.3 is 6.09 Å². The minimum absolute atomic E-state index is 0.256. The molecule has 0 bridgehead atoms. The molecule has 0 aromatic heterocycles. The summed E-state index contributed by atoms with van der Waals surface area (Å²) in [6.45, 7) is 7.66. The molecule has 7 heteroatoms. The summed E-state index contributed by atoms with van der Waals surface area (Å²) >= 11 is 3.17. The quantitative estimate of drug-likeness (QED) is 0.554. The first-order valence-electron chi connectivity index (χ1n) is 8.53. The van der Waals surface area contributed by atoms with E-state index in [0.29, 0.717) is 29.5 Å². The Morgan fingerprint density at radius 3 is 2.65 bits per heavy atom. The van der Waals surface area contributed by atoms with Crippen molar-refractivity contribution in [2.45, 2.75) is 52.2 Å². The molecule has 1 atom stereocenters. The molecule has 0 saturated carbocycles. The van der Waals surface area contributed by atoms with Gasteiger partial charge in [0.25, 0.3) is 0 Å². The van der Waals surface area contributed by atoms with Crippen molar-refractivity contribution in [2.24, 2.45) is 0 Å². The normalized spacial score (nSPS) is 13.1. The van der Waals surface area contributed by atoms with Gasteiger partial charge in [-0.3, -0.25) is 0 Å². The molecule has 1 amide bonds. The van der Waals surface area contributed by atoms with Crippen molar-refractivity contribution in [1.29, 1.82) is 0 Å². The second-order valence-corrected chi connectivity index (χ2v) is 7.68. The monoisotopic (exact) mass is 430 g/mol. The van der Waals surface area contributed by atoms with Crippen molar-refractivity contribution in [3.63, 3.8) is 0 Å². The summed E-state index contributed by atoms with van der Waals surface area (Å²) in [4.78, 5) is 12.1. The van der Waals surface area contributed by atoms with Crippen LogP contribution in [0, 0.1) is 5.82 Å². The van der Waals surface area contributed by atoms with Gasteiger partial charge in [-0.05, 0) is 68.3 Å². The van der Waals surface area contributed by atoms with Crippen molar-refractivity contribution < 1.29 is 18.7 Å². The van der Waals surface area contributed by atoms with Gasteiger partial charge in [-0.2, -0.15) is 0 Å². The number of alkyl carbamates (subject to hydrolysis) is 1. The minimum atomic E-state index is -0.584. The molecule has 0 saturated heterocycles. The Kier molecular flexibility index (Phi) is 8.92. The Bertz CT molecular complexity index is 630. The van der Waals surface area contributed by atoms with Gasteiger partial charge in [0, 0.05) is 19.0 Å². The fourth-order valence-corrected chi connectivity index (χ4v) is 2.62. The molecule has 1 unspecified atom stereocenters. The van der Waals surface area contributed by atoms with Crippen LogP contribution in [0.15, 0.2) is 34.5 Å². The molecule has 0 fully saturated rings. The Hall–Kier alpha value is -1.76. The predicted molar refractivity (Wildman–Crippen MR) is 106 cm³/mol. The zero-order chi connectivity index (χ0) is 19.7. The summed E-state index contributed by atoms with van der Waals surface area (Å²) in [5.74, 6) is 0.462. The van der Waals surface area contributed by atoms with Crippen LogP contribution in [0.2, 0.25) is 0 Å². The third-order valence-corrected chi connectivity index (χ3v) is 4.15. The van der Waals surface area contributed by atoms with Crippen LogP contribution in [0.1, 0.15) is 40.5 Å². The Morgan fingerprint density at radius 1 is 1.38 bits per heavy atom. The van der Waals surface area contributed by atoms with Crippen LogP contribution in [-0.2, 0) is 9.47 Å². The molecule has 5 nitrogen and oxygen atoms in total. The van der Waals surface area contributed by atoms with Crippen molar-refractivity contribution in [3.05, 3.63) is 40.3 Å². The summed E-state index contributed by atoms with van der Waals surface area (Å²) < 4.78 is 25.1. The van der Waals surface area contributed by atoms with E-state index in [-0.39, 0.29) is 11.9 Å². The Balaban J connectivity index is 2.75. The fraction of sp³-hybridized carbons (Fsp3) is 0.526. The number of rotatable bonds is 8. The molecular formula is C19H28BrFN2O3. The second kappa shape index (κ2) is 10.4. The van der Waals surface area contributed by atoms with Crippen LogP contribution in [0.25, 0.3) is 0 Å². The molecule has 0 spiro atoms. The lowest BCUT2D eigenvalue weighted by Gasteiger charge is -2.24. The predicted octanol–water partition coefficient (Wildman–Crippen LogP) is 5.22. The molecule has 0 heterocycles. The van der Waals surface area contributed by atoms with E-state index in [4.69, 9.17) is 9.47 Å². The first-order valence-corrected chi connectivity index (χ1v) is 9.32. The highest BCUT2D eigenvalue weighted by molar-refractivity contribution is 9.10. The highest BCUT2D eigenvalue weighted by Crippen LogP contribution is 2.22. The fourth-order valence-electron chi connectivity index (χ4n) is 2.25. The van der Waals surface area contributed by atoms with E-state index >= 15 is 0 Å². The number of amides is 1. The van der Waals surface area contributed by atoms with Gasteiger partial charge in [-0.15, -0.1) is 0 Å². The summed E-state index contributed by atoms with van der Waals surface area (Å²) in [5.41, 5.74) is -0.215. The van der Waals surface area contributed by atoms with E-state index in [1.54, 1.807) is 46.1 Å². The average Bonchev–Trinajstić information content (AvgIpc) is 2.54. The van der Waals surface area contributed by atoms with Crippen LogP contribution in [0.3, 0.4) is 0 Å². The van der Waals surface area contributed by atoms with Crippen LogP contribution >= 0.6 is 15.9 Å². The molecule has 0 aliphatic carbocycles. The average molecular weight is 431 g/mol. The molecule has 0 radical (unpaired) electrons. The van der Waals surface area contributed by atoms with Gasteiger partial charge in [-0.25, -0.2) is 9.18 Å². The maximum absolute atomic E-state index is 14.1. The topological polar surface area (TPSA) is 59.6 Å². The van der Waals surface area contributed by atoms with E-state index in [1.165, 1.54) is 0 Å². The summed E-state index contributed by atoms with van der Waals surface area (Å²) in [6.07, 6.45) is 2.65. The number of hydrogen-bond donors (Lipinski definition) is 2. The van der Waals surface area contributed by atoms with Crippen molar-refractivity contribution in [2.75, 3.05) is 19.0 Å². The zero-order valence-corrected chi connectivity index (χ0v) is 17.6. The van der Waals surface area contributed by atoms with Gasteiger partial charge < -0.3 is 20.1 Å². The Morgan fingerprint density at radius 2 is 2.08 bits per heavy atom. The van der Waals surface area contributed by atoms with Crippen LogP contribution in [-0.4, -0.2) is 31.4 Å². The Labute approximate surface area is 163 Å². The molecule has 26 heavy (non-hydrogen) atoms. The van der Waals surface area contributed by atoms with E-state index in [2.05, 4.69) is 26.6 Å². The number of carbonyl (C=O) groups excluding carboxylic acids is 1. The van der Waals surface area contributed by atoms with Gasteiger partial charge in [0.15, 0.2) is 5.82 Å². The van der Waals surface area contributed by atoms with Crippen molar-refractivity contribution in [3.8, 4) is 0 Å². The van der Waals surface area contributed by atoms with E-state index < -0.39 is 11.7 Å².